The predicted molar refractivity (Wildman–Crippen MR) is 116 cm³/mol. The van der Waals surface area contributed by atoms with Gasteiger partial charge in [0.2, 0.25) is 5.91 Å². The summed E-state index contributed by atoms with van der Waals surface area (Å²) in [6.07, 6.45) is 3.44. The van der Waals surface area contributed by atoms with E-state index < -0.39 is 6.04 Å². The van der Waals surface area contributed by atoms with Gasteiger partial charge >= 0.3 is 0 Å². The standard InChI is InChI=1S/C24H30N2O4/c1-15(2)22(26-23(27)19-11-20(29-3)13-21(12-19)30-4)24(28)25-14-16-8-9-17-6-5-7-18(17)10-16/h8-13,15,22H,5-7,14H2,1-4H3,(H,25,28)(H,26,27). The molecule has 0 saturated carbocycles. The molecule has 2 aromatic rings. The fourth-order valence-electron chi connectivity index (χ4n) is 3.73. The van der Waals surface area contributed by atoms with Crippen LogP contribution in [-0.4, -0.2) is 32.1 Å². The van der Waals surface area contributed by atoms with Crippen LogP contribution >= 0.6 is 0 Å². The minimum atomic E-state index is -0.649. The fourth-order valence-corrected chi connectivity index (χ4v) is 3.73. The Morgan fingerprint density at radius 2 is 1.63 bits per heavy atom. The number of rotatable bonds is 8. The number of methoxy groups -OCH3 is 2. The quantitative estimate of drug-likeness (QED) is 0.700. The van der Waals surface area contributed by atoms with Crippen molar-refractivity contribution in [2.45, 2.75) is 45.7 Å². The van der Waals surface area contributed by atoms with E-state index in [1.165, 1.54) is 31.8 Å². The van der Waals surface area contributed by atoms with Gasteiger partial charge in [0, 0.05) is 18.2 Å². The van der Waals surface area contributed by atoms with Crippen molar-refractivity contribution < 1.29 is 19.1 Å². The Kier molecular flexibility index (Phi) is 6.98. The summed E-state index contributed by atoms with van der Waals surface area (Å²) in [6, 6.07) is 10.7. The predicted octanol–water partition coefficient (Wildman–Crippen LogP) is 3.26. The molecule has 160 valence electrons. The SMILES string of the molecule is COc1cc(OC)cc(C(=O)NC(C(=O)NCc2ccc3c(c2)CCC3)C(C)C)c1. The van der Waals surface area contributed by atoms with Crippen LogP contribution in [0.3, 0.4) is 0 Å². The Morgan fingerprint density at radius 3 is 2.27 bits per heavy atom. The maximum atomic E-state index is 12.8. The third kappa shape index (κ3) is 5.12. The first kappa shape index (κ1) is 21.7. The first-order valence-electron chi connectivity index (χ1n) is 10.3. The van der Waals surface area contributed by atoms with Gasteiger partial charge in [0.15, 0.2) is 0 Å². The van der Waals surface area contributed by atoms with E-state index in [0.717, 1.165) is 18.4 Å². The fraction of sp³-hybridized carbons (Fsp3) is 0.417. The zero-order chi connectivity index (χ0) is 21.7. The molecule has 1 atom stereocenters. The maximum absolute atomic E-state index is 12.8. The van der Waals surface area contributed by atoms with Gasteiger partial charge in [-0.3, -0.25) is 9.59 Å². The molecule has 1 unspecified atom stereocenters. The number of benzene rings is 2. The molecule has 2 N–H and O–H groups in total. The summed E-state index contributed by atoms with van der Waals surface area (Å²) in [5.41, 5.74) is 4.24. The Balaban J connectivity index is 1.66. The summed E-state index contributed by atoms with van der Waals surface area (Å²) in [5.74, 6) is 0.414. The molecule has 0 radical (unpaired) electrons. The molecule has 0 aliphatic heterocycles. The van der Waals surface area contributed by atoms with E-state index >= 15 is 0 Å². The molecule has 3 rings (SSSR count). The van der Waals surface area contributed by atoms with Crippen LogP contribution < -0.4 is 20.1 Å². The monoisotopic (exact) mass is 410 g/mol. The molecule has 0 bridgehead atoms. The van der Waals surface area contributed by atoms with Crippen LogP contribution in [0.5, 0.6) is 11.5 Å². The molecule has 0 fully saturated rings. The molecule has 6 heteroatoms. The molecule has 0 heterocycles. The highest BCUT2D eigenvalue weighted by Gasteiger charge is 2.25. The third-order valence-electron chi connectivity index (χ3n) is 5.48. The van der Waals surface area contributed by atoms with Crippen molar-refractivity contribution >= 4 is 11.8 Å². The molecular formula is C24H30N2O4. The second-order valence-electron chi connectivity index (χ2n) is 7.97. The number of nitrogens with one attached hydrogen (secondary N) is 2. The summed E-state index contributed by atoms with van der Waals surface area (Å²) in [7, 11) is 3.06. The van der Waals surface area contributed by atoms with Crippen molar-refractivity contribution in [1.82, 2.24) is 10.6 Å². The summed E-state index contributed by atoms with van der Waals surface area (Å²) in [6.45, 7) is 4.26. The molecule has 0 saturated heterocycles. The van der Waals surface area contributed by atoms with E-state index in [9.17, 15) is 9.59 Å². The summed E-state index contributed by atoms with van der Waals surface area (Å²) < 4.78 is 10.5. The topological polar surface area (TPSA) is 76.7 Å². The summed E-state index contributed by atoms with van der Waals surface area (Å²) >= 11 is 0. The number of aryl methyl sites for hydroxylation is 2. The zero-order valence-corrected chi connectivity index (χ0v) is 18.1. The van der Waals surface area contributed by atoms with Gasteiger partial charge in [-0.05, 0) is 54.0 Å². The van der Waals surface area contributed by atoms with Gasteiger partial charge in [0.1, 0.15) is 17.5 Å². The molecule has 2 aromatic carbocycles. The van der Waals surface area contributed by atoms with Crippen molar-refractivity contribution in [3.05, 3.63) is 58.7 Å². The summed E-state index contributed by atoms with van der Waals surface area (Å²) in [5, 5.41) is 5.82. The van der Waals surface area contributed by atoms with Crippen LogP contribution in [0, 0.1) is 5.92 Å². The molecular weight excluding hydrogens is 380 g/mol. The normalized spacial score (nSPS) is 13.5. The molecule has 0 aromatic heterocycles. The first-order chi connectivity index (χ1) is 14.4. The van der Waals surface area contributed by atoms with E-state index in [4.69, 9.17) is 9.47 Å². The Bertz CT molecular complexity index is 901. The number of hydrogen-bond donors (Lipinski definition) is 2. The van der Waals surface area contributed by atoms with Gasteiger partial charge in [-0.25, -0.2) is 0 Å². The van der Waals surface area contributed by atoms with E-state index in [0.29, 0.717) is 23.6 Å². The van der Waals surface area contributed by atoms with Gasteiger partial charge in [-0.1, -0.05) is 32.0 Å². The molecule has 1 aliphatic carbocycles. The highest BCUT2D eigenvalue weighted by molar-refractivity contribution is 5.98. The number of amides is 2. The number of carbonyl (C=O) groups excluding carboxylic acids is 2. The van der Waals surface area contributed by atoms with Gasteiger partial charge < -0.3 is 20.1 Å². The maximum Gasteiger partial charge on any atom is 0.252 e. The van der Waals surface area contributed by atoms with Crippen LogP contribution in [0.4, 0.5) is 0 Å². The lowest BCUT2D eigenvalue weighted by Crippen LogP contribution is -2.49. The zero-order valence-electron chi connectivity index (χ0n) is 18.1. The van der Waals surface area contributed by atoms with Gasteiger partial charge in [-0.2, -0.15) is 0 Å². The second kappa shape index (κ2) is 9.65. The number of carbonyl (C=O) groups is 2. The minimum absolute atomic E-state index is 0.0681. The van der Waals surface area contributed by atoms with Crippen LogP contribution in [0.1, 0.15) is 47.3 Å². The lowest BCUT2D eigenvalue weighted by molar-refractivity contribution is -0.124. The summed E-state index contributed by atoms with van der Waals surface area (Å²) in [4.78, 5) is 25.6. The van der Waals surface area contributed by atoms with E-state index in [1.54, 1.807) is 18.2 Å². The van der Waals surface area contributed by atoms with E-state index in [1.807, 2.05) is 13.8 Å². The largest absolute Gasteiger partial charge is 0.497 e. The number of hydrogen-bond acceptors (Lipinski definition) is 4. The molecule has 1 aliphatic rings. The molecule has 0 spiro atoms. The van der Waals surface area contributed by atoms with Crippen molar-refractivity contribution in [2.24, 2.45) is 5.92 Å². The Morgan fingerprint density at radius 1 is 0.967 bits per heavy atom. The average molecular weight is 411 g/mol. The van der Waals surface area contributed by atoms with Crippen molar-refractivity contribution in [2.75, 3.05) is 14.2 Å². The van der Waals surface area contributed by atoms with Crippen LogP contribution in [-0.2, 0) is 24.2 Å². The van der Waals surface area contributed by atoms with Crippen molar-refractivity contribution in [3.63, 3.8) is 0 Å². The van der Waals surface area contributed by atoms with Crippen molar-refractivity contribution in [1.29, 1.82) is 0 Å². The van der Waals surface area contributed by atoms with Gasteiger partial charge in [-0.15, -0.1) is 0 Å². The average Bonchev–Trinajstić information content (AvgIpc) is 3.22. The number of fused-ring (bicyclic) bond motifs is 1. The van der Waals surface area contributed by atoms with Gasteiger partial charge in [0.25, 0.3) is 5.91 Å². The van der Waals surface area contributed by atoms with E-state index in [2.05, 4.69) is 28.8 Å². The highest BCUT2D eigenvalue weighted by Crippen LogP contribution is 2.24. The van der Waals surface area contributed by atoms with Crippen LogP contribution in [0.25, 0.3) is 0 Å². The van der Waals surface area contributed by atoms with Crippen LogP contribution in [0.15, 0.2) is 36.4 Å². The lowest BCUT2D eigenvalue weighted by atomic mass is 10.0. The molecule has 2 amide bonds. The Hall–Kier alpha value is -3.02. The molecule has 30 heavy (non-hydrogen) atoms. The smallest absolute Gasteiger partial charge is 0.252 e. The van der Waals surface area contributed by atoms with Gasteiger partial charge in [0.05, 0.1) is 14.2 Å². The Labute approximate surface area is 178 Å². The molecule has 6 nitrogen and oxygen atoms in total. The van der Waals surface area contributed by atoms with Crippen LogP contribution in [0.2, 0.25) is 0 Å². The van der Waals surface area contributed by atoms with Crippen molar-refractivity contribution in [3.8, 4) is 11.5 Å². The first-order valence-corrected chi connectivity index (χ1v) is 10.3. The number of ether oxygens (including phenoxy) is 2. The lowest BCUT2D eigenvalue weighted by Gasteiger charge is -2.22. The third-order valence-corrected chi connectivity index (χ3v) is 5.48. The second-order valence-corrected chi connectivity index (χ2v) is 7.97. The van der Waals surface area contributed by atoms with E-state index in [-0.39, 0.29) is 17.7 Å². The highest BCUT2D eigenvalue weighted by atomic mass is 16.5. The minimum Gasteiger partial charge on any atom is -0.497 e.